The molecule has 0 radical (unpaired) electrons. The number of carbonyl (C=O) groups is 1. The molecule has 2 fully saturated rings. The van der Waals surface area contributed by atoms with E-state index < -0.39 is 0 Å². The number of nitrogens with zero attached hydrogens (tertiary/aromatic N) is 1. The molecule has 3 N–H and O–H groups in total. The molecule has 160 valence electrons. The Hall–Kier alpha value is -2.15. The second-order valence-corrected chi connectivity index (χ2v) is 8.53. The Morgan fingerprint density at radius 3 is 3.00 bits per heavy atom. The zero-order valence-electron chi connectivity index (χ0n) is 17.1. The summed E-state index contributed by atoms with van der Waals surface area (Å²) < 4.78 is 5.57. The maximum Gasteiger partial charge on any atom is 0.229 e. The van der Waals surface area contributed by atoms with Gasteiger partial charge in [-0.25, -0.2) is 4.98 Å². The van der Waals surface area contributed by atoms with E-state index in [1.54, 1.807) is 6.20 Å². The van der Waals surface area contributed by atoms with Gasteiger partial charge in [-0.2, -0.15) is 0 Å². The summed E-state index contributed by atoms with van der Waals surface area (Å²) in [5, 5.41) is 10.3. The number of aromatic nitrogens is 1. The van der Waals surface area contributed by atoms with Crippen LogP contribution in [-0.2, 0) is 9.53 Å². The van der Waals surface area contributed by atoms with Gasteiger partial charge in [-0.1, -0.05) is 23.7 Å². The van der Waals surface area contributed by atoms with Crippen LogP contribution in [-0.4, -0.2) is 43.7 Å². The molecule has 0 bridgehead atoms. The summed E-state index contributed by atoms with van der Waals surface area (Å²) in [6.45, 7) is 4.28. The van der Waals surface area contributed by atoms with Crippen LogP contribution in [0.2, 0.25) is 5.02 Å². The summed E-state index contributed by atoms with van der Waals surface area (Å²) in [6, 6.07) is 10.0. The van der Waals surface area contributed by atoms with Crippen molar-refractivity contribution in [2.75, 3.05) is 43.5 Å². The van der Waals surface area contributed by atoms with E-state index in [4.69, 9.17) is 16.3 Å². The minimum Gasteiger partial charge on any atom is -0.385 e. The lowest BCUT2D eigenvalue weighted by Crippen LogP contribution is -2.37. The van der Waals surface area contributed by atoms with Crippen LogP contribution in [0.5, 0.6) is 0 Å². The molecule has 1 unspecified atom stereocenters. The molecule has 4 rings (SSSR count). The van der Waals surface area contributed by atoms with Crippen molar-refractivity contribution in [1.29, 1.82) is 0 Å². The Bertz CT molecular complexity index is 864. The molecule has 7 heteroatoms. The topological polar surface area (TPSA) is 75.3 Å². The second kappa shape index (κ2) is 10.2. The van der Waals surface area contributed by atoms with Crippen LogP contribution in [0.1, 0.15) is 25.7 Å². The number of ether oxygens (including phenoxy) is 1. The summed E-state index contributed by atoms with van der Waals surface area (Å²) in [5.41, 5.74) is 2.89. The second-order valence-electron chi connectivity index (χ2n) is 8.13. The molecule has 3 heterocycles. The lowest BCUT2D eigenvalue weighted by atomic mass is 9.99. The fraction of sp³-hybridized carbons (Fsp3) is 0.478. The number of pyridine rings is 1. The van der Waals surface area contributed by atoms with Crippen molar-refractivity contribution in [3.8, 4) is 11.1 Å². The molecule has 2 aromatic rings. The van der Waals surface area contributed by atoms with Crippen molar-refractivity contribution in [3.05, 3.63) is 41.6 Å². The number of amides is 1. The monoisotopic (exact) mass is 428 g/mol. The van der Waals surface area contributed by atoms with Crippen LogP contribution >= 0.6 is 11.6 Å². The number of piperidine rings is 1. The average Bonchev–Trinajstić information content (AvgIpc) is 2.80. The van der Waals surface area contributed by atoms with Gasteiger partial charge in [0, 0.05) is 37.1 Å². The molecule has 1 aromatic carbocycles. The first-order valence-corrected chi connectivity index (χ1v) is 11.2. The highest BCUT2D eigenvalue weighted by Gasteiger charge is 2.21. The Morgan fingerprint density at radius 2 is 2.20 bits per heavy atom. The van der Waals surface area contributed by atoms with E-state index in [1.165, 1.54) is 6.42 Å². The van der Waals surface area contributed by atoms with Gasteiger partial charge in [-0.15, -0.1) is 0 Å². The predicted molar refractivity (Wildman–Crippen MR) is 121 cm³/mol. The van der Waals surface area contributed by atoms with Gasteiger partial charge in [0.25, 0.3) is 0 Å². The predicted octanol–water partition coefficient (Wildman–Crippen LogP) is 4.18. The molecule has 2 saturated heterocycles. The molecule has 30 heavy (non-hydrogen) atoms. The number of carbonyl (C=O) groups excluding carboxylic acids is 1. The lowest BCUT2D eigenvalue weighted by molar-refractivity contribution is -0.120. The number of anilines is 2. The molecule has 2 aliphatic rings. The van der Waals surface area contributed by atoms with Crippen LogP contribution in [0, 0.1) is 11.8 Å². The van der Waals surface area contributed by atoms with E-state index in [2.05, 4.69) is 33.1 Å². The van der Waals surface area contributed by atoms with E-state index in [1.807, 2.05) is 18.2 Å². The standard InChI is InChI=1S/C23H29ClN4O2/c24-21-14-27-22(28-23(29)18-6-2-8-25-13-18)11-20(21)17-5-1-7-19(10-17)26-12-16-4-3-9-30-15-16/h1,5,7,10-11,14,16,18,25-26H,2-4,6,8-9,12-13,15H2,(H,27,28,29)/t16?,18-/m0/s1. The zero-order valence-corrected chi connectivity index (χ0v) is 17.9. The van der Waals surface area contributed by atoms with Gasteiger partial charge < -0.3 is 20.7 Å². The third-order valence-electron chi connectivity index (χ3n) is 5.80. The first-order valence-electron chi connectivity index (χ1n) is 10.8. The Balaban J connectivity index is 1.45. The SMILES string of the molecule is O=C(Nc1cc(-c2cccc(NCC3CCCOC3)c2)c(Cl)cn1)[C@H]1CCCNC1. The average molecular weight is 429 g/mol. The highest BCUT2D eigenvalue weighted by atomic mass is 35.5. The smallest absolute Gasteiger partial charge is 0.229 e. The Labute approximate surface area is 182 Å². The van der Waals surface area contributed by atoms with E-state index in [0.29, 0.717) is 23.3 Å². The minimum atomic E-state index is -0.0176. The highest BCUT2D eigenvalue weighted by Crippen LogP contribution is 2.31. The van der Waals surface area contributed by atoms with Gasteiger partial charge in [0.15, 0.2) is 0 Å². The maximum atomic E-state index is 12.5. The van der Waals surface area contributed by atoms with E-state index in [9.17, 15) is 4.79 Å². The van der Waals surface area contributed by atoms with Crippen molar-refractivity contribution < 1.29 is 9.53 Å². The van der Waals surface area contributed by atoms with Gasteiger partial charge in [0.05, 0.1) is 17.5 Å². The summed E-state index contributed by atoms with van der Waals surface area (Å²) in [5.74, 6) is 1.06. The molecule has 2 atom stereocenters. The summed E-state index contributed by atoms with van der Waals surface area (Å²) in [7, 11) is 0. The van der Waals surface area contributed by atoms with Crippen molar-refractivity contribution in [3.63, 3.8) is 0 Å². The van der Waals surface area contributed by atoms with E-state index in [0.717, 1.165) is 62.4 Å². The Kier molecular flexibility index (Phi) is 7.20. The summed E-state index contributed by atoms with van der Waals surface area (Å²) in [4.78, 5) is 16.9. The van der Waals surface area contributed by atoms with Crippen molar-refractivity contribution in [2.24, 2.45) is 11.8 Å². The molecule has 6 nitrogen and oxygen atoms in total. The van der Waals surface area contributed by atoms with Gasteiger partial charge in [-0.05, 0) is 61.9 Å². The van der Waals surface area contributed by atoms with Crippen LogP contribution in [0.25, 0.3) is 11.1 Å². The quantitative estimate of drug-likeness (QED) is 0.643. The maximum absolute atomic E-state index is 12.5. The fourth-order valence-corrected chi connectivity index (χ4v) is 4.27. The molecule has 0 spiro atoms. The Morgan fingerprint density at radius 1 is 1.27 bits per heavy atom. The third-order valence-corrected chi connectivity index (χ3v) is 6.10. The van der Waals surface area contributed by atoms with Gasteiger partial charge >= 0.3 is 0 Å². The lowest BCUT2D eigenvalue weighted by Gasteiger charge is -2.23. The number of hydrogen-bond donors (Lipinski definition) is 3. The van der Waals surface area contributed by atoms with Crippen molar-refractivity contribution in [2.45, 2.75) is 25.7 Å². The van der Waals surface area contributed by atoms with Crippen molar-refractivity contribution >= 4 is 29.0 Å². The van der Waals surface area contributed by atoms with Crippen molar-refractivity contribution in [1.82, 2.24) is 10.3 Å². The molecular formula is C23H29ClN4O2. The number of nitrogens with one attached hydrogen (secondary N) is 3. The minimum absolute atomic E-state index is 0.00749. The first-order chi connectivity index (χ1) is 14.7. The zero-order chi connectivity index (χ0) is 20.8. The number of benzene rings is 1. The van der Waals surface area contributed by atoms with E-state index in [-0.39, 0.29) is 11.8 Å². The van der Waals surface area contributed by atoms with Gasteiger partial charge in [0.1, 0.15) is 5.82 Å². The molecule has 2 aliphatic heterocycles. The summed E-state index contributed by atoms with van der Waals surface area (Å²) >= 11 is 6.44. The normalized spacial score (nSPS) is 21.8. The van der Waals surface area contributed by atoms with Crippen LogP contribution in [0.3, 0.4) is 0 Å². The molecule has 1 aromatic heterocycles. The molecule has 0 saturated carbocycles. The largest absolute Gasteiger partial charge is 0.385 e. The van der Waals surface area contributed by atoms with Crippen LogP contribution in [0.4, 0.5) is 11.5 Å². The number of hydrogen-bond acceptors (Lipinski definition) is 5. The van der Waals surface area contributed by atoms with Gasteiger partial charge in [0.2, 0.25) is 5.91 Å². The fourth-order valence-electron chi connectivity index (χ4n) is 4.06. The number of rotatable bonds is 6. The third kappa shape index (κ3) is 5.50. The van der Waals surface area contributed by atoms with Crippen LogP contribution in [0.15, 0.2) is 36.5 Å². The molecular weight excluding hydrogens is 400 g/mol. The highest BCUT2D eigenvalue weighted by molar-refractivity contribution is 6.33. The van der Waals surface area contributed by atoms with Gasteiger partial charge in [-0.3, -0.25) is 4.79 Å². The first kappa shape index (κ1) is 21.1. The summed E-state index contributed by atoms with van der Waals surface area (Å²) in [6.07, 6.45) is 5.85. The van der Waals surface area contributed by atoms with E-state index >= 15 is 0 Å². The molecule has 0 aliphatic carbocycles. The molecule has 1 amide bonds. The van der Waals surface area contributed by atoms with Crippen LogP contribution < -0.4 is 16.0 Å². The number of halogens is 1.